The van der Waals surface area contributed by atoms with Crippen molar-refractivity contribution in [2.45, 2.75) is 84.0 Å². The number of carbonyl (C=O) groups excluding carboxylic acids is 1. The number of likely N-dealkylation sites (tertiary alicyclic amines) is 1. The van der Waals surface area contributed by atoms with E-state index in [4.69, 9.17) is 10.1 Å². The van der Waals surface area contributed by atoms with Gasteiger partial charge in [0.1, 0.15) is 0 Å². The van der Waals surface area contributed by atoms with E-state index in [1.807, 2.05) is 22.8 Å². The Hall–Kier alpha value is -2.98. The molecule has 1 amide bonds. The largest absolute Gasteiger partial charge is 0.390 e. The third-order valence-electron chi connectivity index (χ3n) is 10.2. The van der Waals surface area contributed by atoms with Gasteiger partial charge in [-0.2, -0.15) is 10.2 Å². The minimum absolute atomic E-state index is 0.115. The zero-order valence-corrected chi connectivity index (χ0v) is 24.1. The van der Waals surface area contributed by atoms with Crippen LogP contribution in [0.2, 0.25) is 0 Å². The van der Waals surface area contributed by atoms with Gasteiger partial charge in [0, 0.05) is 69.2 Å². The van der Waals surface area contributed by atoms with E-state index in [2.05, 4.69) is 39.9 Å². The Labute approximate surface area is 235 Å². The number of rotatable bonds is 6. The Kier molecular flexibility index (Phi) is 6.38. The van der Waals surface area contributed by atoms with Gasteiger partial charge >= 0.3 is 0 Å². The van der Waals surface area contributed by atoms with Crippen molar-refractivity contribution < 1.29 is 9.90 Å². The van der Waals surface area contributed by atoms with Gasteiger partial charge in [0.15, 0.2) is 5.65 Å². The molecular formula is C30H42N8O2. The second-order valence-electron chi connectivity index (χ2n) is 13.0. The quantitative estimate of drug-likeness (QED) is 0.490. The molecule has 10 heteroatoms. The average Bonchev–Trinajstić information content (AvgIpc) is 3.43. The number of carbonyl (C=O) groups is 1. The number of aryl methyl sites for hydroxylation is 3. The molecule has 3 aromatic heterocycles. The number of nitrogens with one attached hydrogen (secondary N) is 1. The van der Waals surface area contributed by atoms with Crippen molar-refractivity contribution in [3.05, 3.63) is 34.9 Å². The summed E-state index contributed by atoms with van der Waals surface area (Å²) < 4.78 is 4.22. The van der Waals surface area contributed by atoms with Crippen molar-refractivity contribution in [2.75, 3.05) is 31.1 Å². The highest BCUT2D eigenvalue weighted by atomic mass is 16.3. The van der Waals surface area contributed by atoms with Gasteiger partial charge in [0.05, 0.1) is 35.6 Å². The molecule has 3 unspecified atom stereocenters. The van der Waals surface area contributed by atoms with Crippen LogP contribution in [0.4, 0.5) is 5.69 Å². The lowest BCUT2D eigenvalue weighted by atomic mass is 9.60. The van der Waals surface area contributed by atoms with E-state index in [9.17, 15) is 9.90 Å². The van der Waals surface area contributed by atoms with Gasteiger partial charge in [-0.3, -0.25) is 19.1 Å². The van der Waals surface area contributed by atoms with Crippen LogP contribution >= 0.6 is 0 Å². The first-order valence-corrected chi connectivity index (χ1v) is 15.1. The maximum absolute atomic E-state index is 12.7. The Bertz CT molecular complexity index is 1440. The number of aromatic nitrogens is 5. The summed E-state index contributed by atoms with van der Waals surface area (Å²) in [6, 6.07) is 2.47. The predicted octanol–water partition coefficient (Wildman–Crippen LogP) is 2.48. The van der Waals surface area contributed by atoms with Gasteiger partial charge in [-0.15, -0.1) is 0 Å². The summed E-state index contributed by atoms with van der Waals surface area (Å²) in [4.78, 5) is 21.9. The van der Waals surface area contributed by atoms with E-state index in [-0.39, 0.29) is 23.5 Å². The highest BCUT2D eigenvalue weighted by molar-refractivity contribution is 5.89. The number of hydrogen-bond acceptors (Lipinski definition) is 7. The zero-order chi connectivity index (χ0) is 27.6. The summed E-state index contributed by atoms with van der Waals surface area (Å²) >= 11 is 0. The average molecular weight is 547 g/mol. The van der Waals surface area contributed by atoms with Crippen LogP contribution in [0.3, 0.4) is 0 Å². The minimum Gasteiger partial charge on any atom is -0.390 e. The molecule has 2 bridgehead atoms. The molecular weight excluding hydrogens is 504 g/mol. The third-order valence-corrected chi connectivity index (χ3v) is 10.2. The van der Waals surface area contributed by atoms with Crippen LogP contribution in [0.25, 0.3) is 11.0 Å². The van der Waals surface area contributed by atoms with Crippen LogP contribution in [0.5, 0.6) is 0 Å². The molecule has 3 atom stereocenters. The molecule has 3 fully saturated rings. The molecule has 40 heavy (non-hydrogen) atoms. The highest BCUT2D eigenvalue weighted by Crippen LogP contribution is 2.50. The number of hydrogen-bond donors (Lipinski definition) is 2. The number of nitrogens with zero attached hydrogens (tertiary/aromatic N) is 7. The summed E-state index contributed by atoms with van der Waals surface area (Å²) in [5, 5.41) is 23.6. The summed E-state index contributed by atoms with van der Waals surface area (Å²) in [6.45, 7) is 8.69. The van der Waals surface area contributed by atoms with Crippen LogP contribution in [-0.2, 0) is 31.4 Å². The molecule has 4 aliphatic rings. The molecule has 2 aliphatic carbocycles. The second kappa shape index (κ2) is 9.83. The summed E-state index contributed by atoms with van der Waals surface area (Å²) in [7, 11) is 1.96. The fourth-order valence-corrected chi connectivity index (χ4v) is 8.11. The van der Waals surface area contributed by atoms with Gasteiger partial charge in [-0.05, 0) is 63.4 Å². The highest BCUT2D eigenvalue weighted by Gasteiger charge is 2.45. The van der Waals surface area contributed by atoms with Crippen LogP contribution in [0.15, 0.2) is 12.3 Å². The molecule has 2 N–H and O–H groups in total. The van der Waals surface area contributed by atoms with Crippen molar-refractivity contribution in [3.8, 4) is 0 Å². The number of aliphatic hydroxyl groups is 1. The van der Waals surface area contributed by atoms with Crippen LogP contribution in [0, 0.1) is 25.2 Å². The summed E-state index contributed by atoms with van der Waals surface area (Å²) in [5.74, 6) is 0.664. The maximum Gasteiger partial charge on any atom is 0.234 e. The van der Waals surface area contributed by atoms with E-state index in [1.165, 1.54) is 42.6 Å². The smallest absolute Gasteiger partial charge is 0.234 e. The molecule has 2 saturated carbocycles. The molecule has 0 aromatic carbocycles. The Balaban J connectivity index is 1.05. The van der Waals surface area contributed by atoms with Crippen LogP contribution in [0.1, 0.15) is 61.2 Å². The molecule has 214 valence electrons. The van der Waals surface area contributed by atoms with E-state index in [1.54, 1.807) is 0 Å². The lowest BCUT2D eigenvalue weighted by Crippen LogP contribution is -2.56. The number of aliphatic hydroxyl groups excluding tert-OH is 1. The molecule has 5 heterocycles. The topological polar surface area (TPSA) is 104 Å². The van der Waals surface area contributed by atoms with E-state index >= 15 is 0 Å². The number of pyridine rings is 1. The molecule has 3 aromatic rings. The fourth-order valence-electron chi connectivity index (χ4n) is 8.11. The Morgan fingerprint density at radius 1 is 1.23 bits per heavy atom. The summed E-state index contributed by atoms with van der Waals surface area (Å²) in [5.41, 5.74) is 7.37. The first-order valence-electron chi connectivity index (χ1n) is 15.1. The van der Waals surface area contributed by atoms with Crippen molar-refractivity contribution >= 4 is 22.6 Å². The van der Waals surface area contributed by atoms with Gasteiger partial charge in [0.25, 0.3) is 0 Å². The first kappa shape index (κ1) is 26.0. The number of anilines is 1. The molecule has 10 nitrogen and oxygen atoms in total. The SMILES string of the molecule is Cc1cc(N2CCc3c(c(C)nn3CC34CCCC(C3)C(NC(=O)CN3CC(O)C3)CC4)C2)c2cnn(C)c2n1. The first-order chi connectivity index (χ1) is 19.3. The minimum atomic E-state index is -0.266. The third kappa shape index (κ3) is 4.59. The number of fused-ring (bicyclic) bond motifs is 4. The molecule has 0 radical (unpaired) electrons. The monoisotopic (exact) mass is 546 g/mol. The van der Waals surface area contributed by atoms with Gasteiger partial charge in [-0.25, -0.2) is 4.98 Å². The molecule has 0 spiro atoms. The molecule has 7 rings (SSSR count). The normalized spacial score (nSPS) is 27.1. The van der Waals surface area contributed by atoms with Gasteiger partial charge < -0.3 is 15.3 Å². The van der Waals surface area contributed by atoms with E-state index < -0.39 is 0 Å². The van der Waals surface area contributed by atoms with Gasteiger partial charge in [-0.1, -0.05) is 6.42 Å². The Morgan fingerprint density at radius 3 is 2.90 bits per heavy atom. The zero-order valence-electron chi connectivity index (χ0n) is 24.1. The molecule has 2 aliphatic heterocycles. The standard InChI is InChI=1S/C30H42N8O2/c1-19-11-27(23-13-31-35(3)29(23)32-19)37-10-7-26-24(16-37)20(2)34-38(26)18-30-8-4-5-21(12-30)25(6-9-30)33-28(40)17-36-14-22(39)15-36/h11,13,21-22,25,39H,4-10,12,14-18H2,1-3H3,(H,33,40). The van der Waals surface area contributed by atoms with Crippen molar-refractivity contribution in [1.29, 1.82) is 0 Å². The fraction of sp³-hybridized carbons (Fsp3) is 0.667. The van der Waals surface area contributed by atoms with Gasteiger partial charge in [0.2, 0.25) is 5.91 Å². The molecule has 1 saturated heterocycles. The van der Waals surface area contributed by atoms with E-state index in [0.717, 1.165) is 61.3 Å². The maximum atomic E-state index is 12.7. The van der Waals surface area contributed by atoms with Crippen LogP contribution in [-0.4, -0.2) is 78.8 Å². The van der Waals surface area contributed by atoms with Crippen LogP contribution < -0.4 is 10.2 Å². The van der Waals surface area contributed by atoms with Crippen molar-refractivity contribution in [3.63, 3.8) is 0 Å². The number of β-amino-alcohol motifs (C(OH)–C–C–N with tert-alkyl or cyclic N) is 1. The number of amides is 1. The van der Waals surface area contributed by atoms with E-state index in [0.29, 0.717) is 25.6 Å². The lowest BCUT2D eigenvalue weighted by molar-refractivity contribution is -0.127. The summed E-state index contributed by atoms with van der Waals surface area (Å²) in [6.07, 6.45) is 9.73. The van der Waals surface area contributed by atoms with Crippen molar-refractivity contribution in [1.82, 2.24) is 34.8 Å². The lowest BCUT2D eigenvalue weighted by Gasteiger charge is -2.49. The van der Waals surface area contributed by atoms with Crippen molar-refractivity contribution in [2.24, 2.45) is 18.4 Å². The predicted molar refractivity (Wildman–Crippen MR) is 153 cm³/mol. The second-order valence-corrected chi connectivity index (χ2v) is 13.0. The Morgan fingerprint density at radius 2 is 2.08 bits per heavy atom.